The van der Waals surface area contributed by atoms with Crippen LogP contribution in [0.3, 0.4) is 0 Å². The number of aryl methyl sites for hydroxylation is 6. The second-order valence-corrected chi connectivity index (χ2v) is 28.3. The van der Waals surface area contributed by atoms with Gasteiger partial charge in [0.25, 0.3) is 0 Å². The lowest BCUT2D eigenvalue weighted by Crippen LogP contribution is -2.51. The molecule has 0 aliphatic carbocycles. The lowest BCUT2D eigenvalue weighted by atomic mass is 9.75. The molecule has 0 aromatic heterocycles. The molecule has 58 heavy (non-hydrogen) atoms. The maximum absolute atomic E-state index is 3.01. The van der Waals surface area contributed by atoms with Gasteiger partial charge in [0.2, 0.25) is 0 Å². The summed E-state index contributed by atoms with van der Waals surface area (Å²) in [6.45, 7) is 57.7. The molecule has 1 heterocycles. The Bertz CT molecular complexity index is 1930. The van der Waals surface area contributed by atoms with E-state index in [2.05, 4.69) is 224 Å². The van der Waals surface area contributed by atoms with Gasteiger partial charge in [-0.3, -0.25) is 8.88 Å². The van der Waals surface area contributed by atoms with Crippen molar-refractivity contribution >= 4 is 38.4 Å². The highest BCUT2D eigenvalue weighted by molar-refractivity contribution is 8.01. The lowest BCUT2D eigenvalue weighted by Gasteiger charge is -2.62. The van der Waals surface area contributed by atoms with Crippen LogP contribution in [0.15, 0.2) is 48.5 Å². The van der Waals surface area contributed by atoms with Gasteiger partial charge < -0.3 is 0 Å². The Morgan fingerprint density at radius 1 is 0.310 bits per heavy atom. The average Bonchev–Trinajstić information content (AvgIpc) is 2.99. The summed E-state index contributed by atoms with van der Waals surface area (Å²) in [5.41, 5.74) is 19.5. The van der Waals surface area contributed by atoms with Crippen molar-refractivity contribution in [2.24, 2.45) is 0 Å². The van der Waals surface area contributed by atoms with Gasteiger partial charge in [-0.1, -0.05) is 184 Å². The largest absolute Gasteiger partial charge is 0.286 e. The molecule has 0 saturated carbocycles. The number of anilines is 2. The van der Waals surface area contributed by atoms with Gasteiger partial charge in [0.1, 0.15) is 16.4 Å². The van der Waals surface area contributed by atoms with E-state index in [1.54, 1.807) is 10.6 Å². The van der Waals surface area contributed by atoms with Gasteiger partial charge in [0.15, 0.2) is 0 Å². The highest BCUT2D eigenvalue weighted by atomic mass is 31.3. The second-order valence-electron chi connectivity index (χ2n) is 24.0. The van der Waals surface area contributed by atoms with Crippen molar-refractivity contribution in [3.63, 3.8) is 0 Å². The molecule has 0 atom stereocenters. The van der Waals surface area contributed by atoms with E-state index in [0.29, 0.717) is 0 Å². The maximum atomic E-state index is 3.01. The van der Waals surface area contributed by atoms with E-state index < -0.39 is 16.4 Å². The van der Waals surface area contributed by atoms with Crippen LogP contribution in [-0.4, -0.2) is 0 Å². The summed E-state index contributed by atoms with van der Waals surface area (Å²) in [5.74, 6) is 0. The Labute approximate surface area is 359 Å². The predicted molar refractivity (Wildman–Crippen MR) is 264 cm³/mol. The monoisotopic (exact) mass is 819 g/mol. The van der Waals surface area contributed by atoms with Gasteiger partial charge in [0, 0.05) is 10.6 Å². The van der Waals surface area contributed by atoms with E-state index in [1.807, 2.05) is 0 Å². The maximum Gasteiger partial charge on any atom is 0.139 e. The van der Waals surface area contributed by atoms with Crippen molar-refractivity contribution in [2.45, 2.75) is 199 Å². The Morgan fingerprint density at radius 2 is 0.517 bits per heavy atom. The molecule has 0 amide bonds. The highest BCUT2D eigenvalue weighted by Crippen LogP contribution is 2.80. The third kappa shape index (κ3) is 8.73. The first kappa shape index (κ1) is 46.4. The molecule has 316 valence electrons. The van der Waals surface area contributed by atoms with Crippen molar-refractivity contribution in [1.82, 2.24) is 0 Å². The minimum Gasteiger partial charge on any atom is -0.286 e. The summed E-state index contributed by atoms with van der Waals surface area (Å²) in [7, 11) is -2.14. The van der Waals surface area contributed by atoms with Crippen molar-refractivity contribution in [3.8, 4) is 0 Å². The summed E-state index contributed by atoms with van der Waals surface area (Å²) in [4.78, 5) is 0. The van der Waals surface area contributed by atoms with Gasteiger partial charge in [-0.05, 0) is 130 Å². The Balaban J connectivity index is 2.14. The lowest BCUT2D eigenvalue weighted by molar-refractivity contribution is 0.553. The fourth-order valence-electron chi connectivity index (χ4n) is 8.88. The van der Waals surface area contributed by atoms with Crippen LogP contribution in [0.2, 0.25) is 0 Å². The van der Waals surface area contributed by atoms with Crippen LogP contribution in [0, 0.1) is 41.5 Å². The molecule has 1 saturated heterocycles. The zero-order chi connectivity index (χ0) is 44.2. The number of nitrogens with zero attached hydrogens (tertiary/aromatic N) is 2. The molecule has 0 unspecified atom stereocenters. The first-order valence-corrected chi connectivity index (χ1v) is 24.3. The Morgan fingerprint density at radius 3 is 0.690 bits per heavy atom. The summed E-state index contributed by atoms with van der Waals surface area (Å²) >= 11 is 0. The first-order valence-electron chi connectivity index (χ1n) is 21.8. The van der Waals surface area contributed by atoms with E-state index >= 15 is 0 Å². The second kappa shape index (κ2) is 15.1. The van der Waals surface area contributed by atoms with Crippen LogP contribution in [0.5, 0.6) is 0 Å². The molecule has 5 rings (SSSR count). The van der Waals surface area contributed by atoms with Gasteiger partial charge in [-0.2, -0.15) is 0 Å². The third-order valence-corrected chi connectivity index (χ3v) is 18.0. The van der Waals surface area contributed by atoms with Crippen molar-refractivity contribution in [1.29, 1.82) is 0 Å². The average molecular weight is 819 g/mol. The first-order chi connectivity index (χ1) is 26.1. The van der Waals surface area contributed by atoms with Crippen molar-refractivity contribution in [3.05, 3.63) is 115 Å². The Kier molecular flexibility index (Phi) is 12.0. The SMILES string of the molecule is Cc1cc(C)c(N2P(c3c(C(C)(C)C)cc(C(C)(C)C)cc3C(C)(C)C)N(c3c(C)cc(C)cc3C)P2c2c(C(C)(C)C)cc(C(C)(C)C)cc2C(C)(C)C)c(C)c1. The van der Waals surface area contributed by atoms with Gasteiger partial charge in [-0.15, -0.1) is 0 Å². The molecule has 0 radical (unpaired) electrons. The summed E-state index contributed by atoms with van der Waals surface area (Å²) < 4.78 is 6.03. The van der Waals surface area contributed by atoms with Crippen LogP contribution in [0.1, 0.15) is 191 Å². The molecule has 2 nitrogen and oxygen atoms in total. The minimum atomic E-state index is -1.07. The molecular weight excluding hydrogens is 739 g/mol. The van der Waals surface area contributed by atoms with E-state index in [-0.39, 0.29) is 32.5 Å². The van der Waals surface area contributed by atoms with E-state index in [4.69, 9.17) is 0 Å². The molecule has 1 fully saturated rings. The molecule has 0 spiro atoms. The van der Waals surface area contributed by atoms with E-state index in [9.17, 15) is 0 Å². The molecule has 4 aromatic carbocycles. The molecule has 4 aromatic rings. The molecule has 4 heteroatoms. The highest BCUT2D eigenvalue weighted by Gasteiger charge is 2.56. The summed E-state index contributed by atoms with van der Waals surface area (Å²) in [6, 6.07) is 20.2. The fraction of sp³-hybridized carbons (Fsp3) is 0.556. The number of hydrogen-bond donors (Lipinski definition) is 0. The molecule has 1 aliphatic heterocycles. The quantitative estimate of drug-likeness (QED) is 0.189. The standard InChI is InChI=1S/C54H80N2P2/c1-33-25-35(3)45(36(4)26-33)55-57(47-41(51(13,14)15)29-39(49(7,8)9)30-42(47)52(16,17)18)56(46-37(5)27-34(2)28-38(46)6)58(55)48-43(53(19,20)21)31-40(50(10,11)12)32-44(48)54(22,23)24/h25-32H,1-24H3. The van der Waals surface area contributed by atoms with Crippen LogP contribution < -0.4 is 19.5 Å². The van der Waals surface area contributed by atoms with Crippen LogP contribution in [0.25, 0.3) is 0 Å². The zero-order valence-electron chi connectivity index (χ0n) is 41.4. The summed E-state index contributed by atoms with van der Waals surface area (Å²) in [6.07, 6.45) is 0. The van der Waals surface area contributed by atoms with E-state index in [0.717, 1.165) is 0 Å². The van der Waals surface area contributed by atoms with Crippen LogP contribution >= 0.6 is 16.4 Å². The van der Waals surface area contributed by atoms with Crippen LogP contribution in [0.4, 0.5) is 11.4 Å². The van der Waals surface area contributed by atoms with Crippen molar-refractivity contribution < 1.29 is 0 Å². The number of hydrogen-bond acceptors (Lipinski definition) is 2. The van der Waals surface area contributed by atoms with Crippen molar-refractivity contribution in [2.75, 3.05) is 8.88 Å². The molecule has 0 N–H and O–H groups in total. The van der Waals surface area contributed by atoms with Crippen LogP contribution in [-0.2, 0) is 32.5 Å². The molecular formula is C54H80N2P2. The third-order valence-electron chi connectivity index (χ3n) is 12.0. The fourth-order valence-corrected chi connectivity index (χ4v) is 17.2. The topological polar surface area (TPSA) is 6.48 Å². The van der Waals surface area contributed by atoms with Gasteiger partial charge in [-0.25, -0.2) is 0 Å². The Hall–Kier alpha value is -2.66. The zero-order valence-corrected chi connectivity index (χ0v) is 43.2. The van der Waals surface area contributed by atoms with Gasteiger partial charge in [0.05, 0.1) is 11.4 Å². The predicted octanol–water partition coefficient (Wildman–Crippen LogP) is 15.9. The number of benzene rings is 4. The van der Waals surface area contributed by atoms with Gasteiger partial charge >= 0.3 is 0 Å². The molecule has 0 bridgehead atoms. The molecule has 1 aliphatic rings. The number of rotatable bonds is 4. The van der Waals surface area contributed by atoms with E-state index in [1.165, 1.54) is 78.1 Å². The normalized spacial score (nSPS) is 17.2. The minimum absolute atomic E-state index is 0.0175. The smallest absolute Gasteiger partial charge is 0.139 e. The summed E-state index contributed by atoms with van der Waals surface area (Å²) in [5, 5.41) is 3.09.